The third-order valence-corrected chi connectivity index (χ3v) is 3.54. The fourth-order valence-electron chi connectivity index (χ4n) is 2.00. The molecule has 1 saturated heterocycles. The van der Waals surface area contributed by atoms with E-state index in [1.807, 2.05) is 0 Å². The number of carbonyl (C=O) groups is 2. The lowest BCUT2D eigenvalue weighted by atomic mass is 10.1. The molecule has 6 heteroatoms. The number of hydrogen-bond donors (Lipinski definition) is 1. The standard InChI is InChI=1S/C14H16BrNO4/c15-11-1-2-13(10(7-11)8-17)20-9-14(18)16-12-3-5-19-6-4-12/h1-2,7-8,12H,3-6,9H2,(H,16,18). The molecule has 2 rings (SSSR count). The Balaban J connectivity index is 1.85. The zero-order valence-corrected chi connectivity index (χ0v) is 12.5. The van der Waals surface area contributed by atoms with Gasteiger partial charge in [0.2, 0.25) is 0 Å². The van der Waals surface area contributed by atoms with Crippen LogP contribution in [0.5, 0.6) is 5.75 Å². The van der Waals surface area contributed by atoms with Gasteiger partial charge in [0.15, 0.2) is 12.9 Å². The Labute approximate surface area is 125 Å². The van der Waals surface area contributed by atoms with E-state index in [0.29, 0.717) is 30.8 Å². The fraction of sp³-hybridized carbons (Fsp3) is 0.429. The van der Waals surface area contributed by atoms with Crippen LogP contribution < -0.4 is 10.1 Å². The maximum Gasteiger partial charge on any atom is 0.258 e. The number of rotatable bonds is 5. The SMILES string of the molecule is O=Cc1cc(Br)ccc1OCC(=O)NC1CCOCC1. The molecule has 0 aliphatic carbocycles. The second-order valence-electron chi connectivity index (χ2n) is 4.54. The van der Waals surface area contributed by atoms with Crippen LogP contribution in [0.25, 0.3) is 0 Å². The van der Waals surface area contributed by atoms with Crippen LogP contribution in [-0.4, -0.2) is 38.1 Å². The first-order valence-electron chi connectivity index (χ1n) is 6.43. The summed E-state index contributed by atoms with van der Waals surface area (Å²) in [6.45, 7) is 1.25. The van der Waals surface area contributed by atoms with Gasteiger partial charge in [-0.3, -0.25) is 9.59 Å². The zero-order chi connectivity index (χ0) is 14.4. The van der Waals surface area contributed by atoms with Gasteiger partial charge in [0, 0.05) is 23.7 Å². The molecule has 1 N–H and O–H groups in total. The van der Waals surface area contributed by atoms with E-state index in [0.717, 1.165) is 17.3 Å². The summed E-state index contributed by atoms with van der Waals surface area (Å²) in [4.78, 5) is 22.7. The molecule has 0 saturated carbocycles. The predicted octanol–water partition coefficient (Wildman–Crippen LogP) is 1.94. The first-order valence-corrected chi connectivity index (χ1v) is 7.23. The molecule has 0 atom stereocenters. The molecule has 1 aliphatic rings. The van der Waals surface area contributed by atoms with Crippen molar-refractivity contribution in [2.45, 2.75) is 18.9 Å². The van der Waals surface area contributed by atoms with E-state index in [1.54, 1.807) is 18.2 Å². The third kappa shape index (κ3) is 4.31. The number of benzene rings is 1. The van der Waals surface area contributed by atoms with Crippen LogP contribution in [0, 0.1) is 0 Å². The highest BCUT2D eigenvalue weighted by Gasteiger charge is 2.16. The number of ether oxygens (including phenoxy) is 2. The molecule has 1 aromatic carbocycles. The van der Waals surface area contributed by atoms with Gasteiger partial charge in [0.25, 0.3) is 5.91 Å². The summed E-state index contributed by atoms with van der Waals surface area (Å²) in [6.07, 6.45) is 2.35. The van der Waals surface area contributed by atoms with Gasteiger partial charge in [-0.15, -0.1) is 0 Å². The highest BCUT2D eigenvalue weighted by molar-refractivity contribution is 9.10. The van der Waals surface area contributed by atoms with Crippen molar-refractivity contribution in [2.75, 3.05) is 19.8 Å². The first-order chi connectivity index (χ1) is 9.69. The molecule has 0 aromatic heterocycles. The zero-order valence-electron chi connectivity index (χ0n) is 10.9. The summed E-state index contributed by atoms with van der Waals surface area (Å²) in [6, 6.07) is 5.22. The molecule has 5 nitrogen and oxygen atoms in total. The number of nitrogens with one attached hydrogen (secondary N) is 1. The Morgan fingerprint density at radius 3 is 2.90 bits per heavy atom. The summed E-state index contributed by atoms with van der Waals surface area (Å²) in [5, 5.41) is 2.90. The van der Waals surface area contributed by atoms with Gasteiger partial charge in [-0.2, -0.15) is 0 Å². The van der Waals surface area contributed by atoms with Gasteiger partial charge in [0.05, 0.1) is 5.56 Å². The Morgan fingerprint density at radius 2 is 2.20 bits per heavy atom. The molecule has 0 unspecified atom stereocenters. The highest BCUT2D eigenvalue weighted by Crippen LogP contribution is 2.21. The second kappa shape index (κ2) is 7.40. The first kappa shape index (κ1) is 15.0. The van der Waals surface area contributed by atoms with E-state index in [2.05, 4.69) is 21.2 Å². The maximum atomic E-state index is 11.8. The Morgan fingerprint density at radius 1 is 1.45 bits per heavy atom. The minimum absolute atomic E-state index is 0.0974. The Bertz CT molecular complexity index is 486. The number of carbonyl (C=O) groups excluding carboxylic acids is 2. The predicted molar refractivity (Wildman–Crippen MR) is 77.0 cm³/mol. The normalized spacial score (nSPS) is 15.7. The molecule has 1 aromatic rings. The van der Waals surface area contributed by atoms with E-state index in [4.69, 9.17) is 9.47 Å². The van der Waals surface area contributed by atoms with Crippen LogP contribution in [0.15, 0.2) is 22.7 Å². The van der Waals surface area contributed by atoms with E-state index in [-0.39, 0.29) is 18.6 Å². The Kier molecular flexibility index (Phi) is 5.55. The van der Waals surface area contributed by atoms with Gasteiger partial charge in [0.1, 0.15) is 5.75 Å². The lowest BCUT2D eigenvalue weighted by Gasteiger charge is -2.23. The second-order valence-corrected chi connectivity index (χ2v) is 5.46. The molecule has 108 valence electrons. The summed E-state index contributed by atoms with van der Waals surface area (Å²) in [7, 11) is 0. The van der Waals surface area contributed by atoms with Crippen LogP contribution >= 0.6 is 15.9 Å². The lowest BCUT2D eigenvalue weighted by molar-refractivity contribution is -0.124. The summed E-state index contributed by atoms with van der Waals surface area (Å²) < 4.78 is 11.4. The smallest absolute Gasteiger partial charge is 0.258 e. The summed E-state index contributed by atoms with van der Waals surface area (Å²) >= 11 is 3.28. The highest BCUT2D eigenvalue weighted by atomic mass is 79.9. The van der Waals surface area contributed by atoms with Crippen LogP contribution in [0.4, 0.5) is 0 Å². The lowest BCUT2D eigenvalue weighted by Crippen LogP contribution is -2.41. The van der Waals surface area contributed by atoms with E-state index in [1.165, 1.54) is 0 Å². The van der Waals surface area contributed by atoms with Crippen molar-refractivity contribution in [1.29, 1.82) is 0 Å². The molecule has 0 radical (unpaired) electrons. The largest absolute Gasteiger partial charge is 0.483 e. The number of halogens is 1. The quantitative estimate of drug-likeness (QED) is 0.831. The fourth-order valence-corrected chi connectivity index (χ4v) is 2.38. The molecule has 0 spiro atoms. The minimum atomic E-state index is -0.184. The van der Waals surface area contributed by atoms with E-state index < -0.39 is 0 Å². The number of amides is 1. The average Bonchev–Trinajstić information content (AvgIpc) is 2.47. The van der Waals surface area contributed by atoms with Crippen molar-refractivity contribution < 1.29 is 19.1 Å². The third-order valence-electron chi connectivity index (χ3n) is 3.04. The van der Waals surface area contributed by atoms with E-state index >= 15 is 0 Å². The Hall–Kier alpha value is -1.40. The van der Waals surface area contributed by atoms with Crippen LogP contribution in [0.2, 0.25) is 0 Å². The van der Waals surface area contributed by atoms with E-state index in [9.17, 15) is 9.59 Å². The van der Waals surface area contributed by atoms with Crippen molar-refractivity contribution >= 4 is 28.1 Å². The molecule has 1 aliphatic heterocycles. The monoisotopic (exact) mass is 341 g/mol. The van der Waals surface area contributed by atoms with Crippen molar-refractivity contribution in [1.82, 2.24) is 5.32 Å². The van der Waals surface area contributed by atoms with Gasteiger partial charge in [-0.05, 0) is 31.0 Å². The number of aldehydes is 1. The molecular formula is C14H16BrNO4. The van der Waals surface area contributed by atoms with Crippen LogP contribution in [0.3, 0.4) is 0 Å². The number of hydrogen-bond acceptors (Lipinski definition) is 4. The molecule has 0 bridgehead atoms. The van der Waals surface area contributed by atoms with Gasteiger partial charge in [-0.1, -0.05) is 15.9 Å². The maximum absolute atomic E-state index is 11.8. The summed E-state index contributed by atoms with van der Waals surface area (Å²) in [5.41, 5.74) is 0.415. The van der Waals surface area contributed by atoms with Gasteiger partial charge < -0.3 is 14.8 Å². The van der Waals surface area contributed by atoms with Crippen LogP contribution in [0.1, 0.15) is 23.2 Å². The molecular weight excluding hydrogens is 326 g/mol. The van der Waals surface area contributed by atoms with Crippen molar-refractivity contribution in [2.24, 2.45) is 0 Å². The van der Waals surface area contributed by atoms with Crippen molar-refractivity contribution in [3.63, 3.8) is 0 Å². The topological polar surface area (TPSA) is 64.6 Å². The molecule has 1 fully saturated rings. The molecule has 1 amide bonds. The van der Waals surface area contributed by atoms with Crippen LogP contribution in [-0.2, 0) is 9.53 Å². The van der Waals surface area contributed by atoms with Gasteiger partial charge >= 0.3 is 0 Å². The average molecular weight is 342 g/mol. The van der Waals surface area contributed by atoms with Crippen molar-refractivity contribution in [3.05, 3.63) is 28.2 Å². The van der Waals surface area contributed by atoms with Crippen molar-refractivity contribution in [3.8, 4) is 5.75 Å². The molecule has 1 heterocycles. The van der Waals surface area contributed by atoms with Gasteiger partial charge in [-0.25, -0.2) is 0 Å². The summed E-state index contributed by atoms with van der Waals surface area (Å²) in [5.74, 6) is 0.224. The molecule has 20 heavy (non-hydrogen) atoms. The minimum Gasteiger partial charge on any atom is -0.483 e.